The van der Waals surface area contributed by atoms with E-state index in [0.717, 1.165) is 10.9 Å². The Morgan fingerprint density at radius 2 is 1.85 bits per heavy atom. The van der Waals surface area contributed by atoms with Gasteiger partial charge in [0.15, 0.2) is 0 Å². The lowest BCUT2D eigenvalue weighted by molar-refractivity contribution is -0.136. The van der Waals surface area contributed by atoms with Crippen LogP contribution < -0.4 is 5.32 Å². The molecule has 0 bridgehead atoms. The van der Waals surface area contributed by atoms with Crippen LogP contribution in [-0.2, 0) is 4.79 Å². The van der Waals surface area contributed by atoms with Crippen LogP contribution >= 0.6 is 0 Å². The second-order valence-electron chi connectivity index (χ2n) is 4.53. The number of rotatable bonds is 4. The van der Waals surface area contributed by atoms with Crippen molar-refractivity contribution in [2.24, 2.45) is 0 Å². The van der Waals surface area contributed by atoms with E-state index < -0.39 is 11.9 Å². The molecule has 2 rings (SSSR count). The van der Waals surface area contributed by atoms with Crippen LogP contribution in [0.5, 0.6) is 5.75 Å². The van der Waals surface area contributed by atoms with Crippen molar-refractivity contribution in [1.82, 2.24) is 5.32 Å². The molecule has 3 N–H and O–H groups in total. The molecule has 0 aromatic heterocycles. The number of phenols is 1. The number of hydrogen-bond donors (Lipinski definition) is 3. The SMILES string of the molecule is Cc1cc(C(=O)NCCC(=O)O)c(O)c2ccccc12. The number of phenolic OH excluding ortho intramolecular Hbond substituents is 1. The summed E-state index contributed by atoms with van der Waals surface area (Å²) in [5, 5.41) is 22.7. The first-order valence-electron chi connectivity index (χ1n) is 6.22. The molecule has 0 atom stereocenters. The van der Waals surface area contributed by atoms with Crippen LogP contribution in [0, 0.1) is 6.92 Å². The molecule has 5 nitrogen and oxygen atoms in total. The van der Waals surface area contributed by atoms with Crippen molar-refractivity contribution in [2.45, 2.75) is 13.3 Å². The van der Waals surface area contributed by atoms with Gasteiger partial charge >= 0.3 is 5.97 Å². The molecule has 0 saturated heterocycles. The van der Waals surface area contributed by atoms with Crippen molar-refractivity contribution in [2.75, 3.05) is 6.54 Å². The van der Waals surface area contributed by atoms with Gasteiger partial charge in [0.2, 0.25) is 0 Å². The molecule has 0 aliphatic carbocycles. The quantitative estimate of drug-likeness (QED) is 0.795. The molecule has 20 heavy (non-hydrogen) atoms. The normalized spacial score (nSPS) is 10.4. The highest BCUT2D eigenvalue weighted by Gasteiger charge is 2.15. The van der Waals surface area contributed by atoms with Gasteiger partial charge in [-0.05, 0) is 23.9 Å². The number of aromatic hydroxyl groups is 1. The predicted molar refractivity (Wildman–Crippen MR) is 74.9 cm³/mol. The minimum Gasteiger partial charge on any atom is -0.506 e. The van der Waals surface area contributed by atoms with Gasteiger partial charge in [0.25, 0.3) is 5.91 Å². The third-order valence-electron chi connectivity index (χ3n) is 3.09. The van der Waals surface area contributed by atoms with Gasteiger partial charge in [-0.15, -0.1) is 0 Å². The average Bonchev–Trinajstić information content (AvgIpc) is 2.42. The van der Waals surface area contributed by atoms with E-state index in [1.54, 1.807) is 18.2 Å². The van der Waals surface area contributed by atoms with Crippen molar-refractivity contribution in [3.05, 3.63) is 41.5 Å². The van der Waals surface area contributed by atoms with Crippen LogP contribution in [0.25, 0.3) is 10.8 Å². The lowest BCUT2D eigenvalue weighted by atomic mass is 10.00. The van der Waals surface area contributed by atoms with Gasteiger partial charge in [-0.25, -0.2) is 0 Å². The Hall–Kier alpha value is -2.56. The van der Waals surface area contributed by atoms with E-state index in [0.29, 0.717) is 5.39 Å². The lowest BCUT2D eigenvalue weighted by Gasteiger charge is -2.10. The number of nitrogens with one attached hydrogen (secondary N) is 1. The van der Waals surface area contributed by atoms with Crippen LogP contribution in [0.2, 0.25) is 0 Å². The van der Waals surface area contributed by atoms with E-state index in [-0.39, 0.29) is 24.3 Å². The Morgan fingerprint density at radius 3 is 2.50 bits per heavy atom. The molecular weight excluding hydrogens is 258 g/mol. The summed E-state index contributed by atoms with van der Waals surface area (Å²) in [6.07, 6.45) is -0.154. The Kier molecular flexibility index (Phi) is 3.89. The monoisotopic (exact) mass is 273 g/mol. The Bertz CT molecular complexity index is 679. The van der Waals surface area contributed by atoms with E-state index >= 15 is 0 Å². The minimum absolute atomic E-state index is 0.0273. The van der Waals surface area contributed by atoms with E-state index in [2.05, 4.69) is 5.32 Å². The molecule has 1 amide bonds. The molecular formula is C15H15NO4. The molecule has 5 heteroatoms. The fourth-order valence-corrected chi connectivity index (χ4v) is 2.09. The molecule has 0 aliphatic rings. The number of carboxylic acid groups (broad SMARTS) is 1. The minimum atomic E-state index is -0.982. The van der Waals surface area contributed by atoms with Crippen LogP contribution in [0.3, 0.4) is 0 Å². The molecule has 0 aliphatic heterocycles. The summed E-state index contributed by atoms with van der Waals surface area (Å²) in [5.74, 6) is -1.54. The van der Waals surface area contributed by atoms with Crippen LogP contribution in [0.15, 0.2) is 30.3 Å². The summed E-state index contributed by atoms with van der Waals surface area (Å²) >= 11 is 0. The fraction of sp³-hybridized carbons (Fsp3) is 0.200. The van der Waals surface area contributed by atoms with E-state index in [9.17, 15) is 14.7 Å². The van der Waals surface area contributed by atoms with Crippen molar-refractivity contribution >= 4 is 22.6 Å². The van der Waals surface area contributed by atoms with Gasteiger partial charge in [0.1, 0.15) is 5.75 Å². The maximum atomic E-state index is 12.0. The number of aryl methyl sites for hydroxylation is 1. The summed E-state index contributed by atoms with van der Waals surface area (Å²) in [6.45, 7) is 1.88. The highest BCUT2D eigenvalue weighted by atomic mass is 16.4. The second kappa shape index (κ2) is 5.61. The smallest absolute Gasteiger partial charge is 0.305 e. The summed E-state index contributed by atoms with van der Waals surface area (Å²) in [7, 11) is 0. The third kappa shape index (κ3) is 2.71. The number of benzene rings is 2. The average molecular weight is 273 g/mol. The summed E-state index contributed by atoms with van der Waals surface area (Å²) in [6, 6.07) is 8.87. The van der Waals surface area contributed by atoms with Crippen molar-refractivity contribution in [3.63, 3.8) is 0 Å². The fourth-order valence-electron chi connectivity index (χ4n) is 2.09. The Balaban J connectivity index is 2.32. The zero-order valence-corrected chi connectivity index (χ0v) is 11.0. The van der Waals surface area contributed by atoms with E-state index in [1.807, 2.05) is 19.1 Å². The molecule has 2 aromatic rings. The number of amides is 1. The predicted octanol–water partition coefficient (Wildman–Crippen LogP) is 2.06. The summed E-state index contributed by atoms with van der Waals surface area (Å²) in [4.78, 5) is 22.4. The molecule has 0 fully saturated rings. The van der Waals surface area contributed by atoms with Gasteiger partial charge in [-0.1, -0.05) is 24.3 Å². The van der Waals surface area contributed by atoms with Crippen molar-refractivity contribution in [3.8, 4) is 5.75 Å². The van der Waals surface area contributed by atoms with Crippen LogP contribution in [0.1, 0.15) is 22.3 Å². The van der Waals surface area contributed by atoms with Gasteiger partial charge < -0.3 is 15.5 Å². The largest absolute Gasteiger partial charge is 0.506 e. The maximum absolute atomic E-state index is 12.0. The molecule has 2 aromatic carbocycles. The highest BCUT2D eigenvalue weighted by Crippen LogP contribution is 2.31. The van der Waals surface area contributed by atoms with Gasteiger partial charge in [0.05, 0.1) is 12.0 Å². The van der Waals surface area contributed by atoms with Crippen molar-refractivity contribution in [1.29, 1.82) is 0 Å². The Labute approximate surface area is 115 Å². The molecule has 0 saturated carbocycles. The van der Waals surface area contributed by atoms with Crippen LogP contribution in [-0.4, -0.2) is 28.6 Å². The molecule has 104 valence electrons. The number of hydrogen-bond acceptors (Lipinski definition) is 3. The number of aliphatic carboxylic acids is 1. The van der Waals surface area contributed by atoms with E-state index in [1.165, 1.54) is 0 Å². The molecule has 0 unspecified atom stereocenters. The van der Waals surface area contributed by atoms with Gasteiger partial charge in [0, 0.05) is 11.9 Å². The zero-order chi connectivity index (χ0) is 14.7. The lowest BCUT2D eigenvalue weighted by Crippen LogP contribution is -2.26. The second-order valence-corrected chi connectivity index (χ2v) is 4.53. The number of carbonyl (C=O) groups excluding carboxylic acids is 1. The molecule has 0 heterocycles. The first kappa shape index (κ1) is 13.9. The van der Waals surface area contributed by atoms with Crippen LogP contribution in [0.4, 0.5) is 0 Å². The van der Waals surface area contributed by atoms with E-state index in [4.69, 9.17) is 5.11 Å². The number of carboxylic acids is 1. The zero-order valence-electron chi connectivity index (χ0n) is 11.0. The summed E-state index contributed by atoms with van der Waals surface area (Å²) in [5.41, 5.74) is 1.04. The number of fused-ring (bicyclic) bond motifs is 1. The van der Waals surface area contributed by atoms with Gasteiger partial charge in [-0.3, -0.25) is 9.59 Å². The van der Waals surface area contributed by atoms with Crippen molar-refractivity contribution < 1.29 is 19.8 Å². The third-order valence-corrected chi connectivity index (χ3v) is 3.09. The molecule has 0 radical (unpaired) electrons. The first-order valence-corrected chi connectivity index (χ1v) is 6.22. The maximum Gasteiger partial charge on any atom is 0.305 e. The number of carbonyl (C=O) groups is 2. The summed E-state index contributed by atoms with van der Waals surface area (Å²) < 4.78 is 0. The highest BCUT2D eigenvalue weighted by molar-refractivity contribution is 6.04. The first-order chi connectivity index (χ1) is 9.50. The molecule has 0 spiro atoms. The van der Waals surface area contributed by atoms with Gasteiger partial charge in [-0.2, -0.15) is 0 Å². The Morgan fingerprint density at radius 1 is 1.20 bits per heavy atom. The topological polar surface area (TPSA) is 86.6 Å². The standard InChI is InChI=1S/C15H15NO4/c1-9-8-12(15(20)16-7-6-13(17)18)14(19)11-5-3-2-4-10(9)11/h2-5,8,19H,6-7H2,1H3,(H,16,20)(H,17,18).